The first-order valence-electron chi connectivity index (χ1n) is 6.47. The number of hydrogen-bond acceptors (Lipinski definition) is 3. The average Bonchev–Trinajstić information content (AvgIpc) is 3.08. The van der Waals surface area contributed by atoms with Gasteiger partial charge in [0, 0.05) is 29.3 Å². The van der Waals surface area contributed by atoms with E-state index in [-0.39, 0.29) is 16.8 Å². The normalized spacial score (nSPS) is 15.2. The van der Waals surface area contributed by atoms with E-state index in [0.717, 1.165) is 18.4 Å². The number of amides is 1. The van der Waals surface area contributed by atoms with Crippen LogP contribution in [0.2, 0.25) is 0 Å². The van der Waals surface area contributed by atoms with Crippen molar-refractivity contribution in [3.8, 4) is 0 Å². The molecule has 0 bridgehead atoms. The number of carbonyl (C=O) groups excluding carboxylic acids is 1. The lowest BCUT2D eigenvalue weighted by molar-refractivity contribution is 0.0783. The Morgan fingerprint density at radius 2 is 1.80 bits per heavy atom. The number of halogens is 1. The number of hydrogen-bond donors (Lipinski definition) is 0. The van der Waals surface area contributed by atoms with Gasteiger partial charge in [-0.3, -0.25) is 4.79 Å². The van der Waals surface area contributed by atoms with Crippen molar-refractivity contribution < 1.29 is 13.2 Å². The Kier molecular flexibility index (Phi) is 3.86. The molecule has 1 saturated carbocycles. The maximum atomic E-state index is 12.5. The molecule has 1 aliphatic carbocycles. The third kappa shape index (κ3) is 2.69. The standard InChI is InChI=1S/C14H18ClNO3S/c1-8-7-9(2)13(20(15,18)19)10(3)12(8)14(17)16(4)11-5-6-11/h7,11H,5-6H2,1-4H3. The van der Waals surface area contributed by atoms with Crippen molar-refractivity contribution in [2.45, 2.75) is 44.6 Å². The van der Waals surface area contributed by atoms with Gasteiger partial charge in [0.05, 0.1) is 4.90 Å². The molecule has 1 fully saturated rings. The Morgan fingerprint density at radius 3 is 2.25 bits per heavy atom. The monoisotopic (exact) mass is 315 g/mol. The predicted molar refractivity (Wildman–Crippen MR) is 78.8 cm³/mol. The number of benzene rings is 1. The molecule has 0 spiro atoms. The van der Waals surface area contributed by atoms with Gasteiger partial charge in [-0.05, 0) is 50.3 Å². The Balaban J connectivity index is 2.61. The van der Waals surface area contributed by atoms with Gasteiger partial charge in [-0.25, -0.2) is 8.42 Å². The van der Waals surface area contributed by atoms with Gasteiger partial charge in [-0.2, -0.15) is 0 Å². The van der Waals surface area contributed by atoms with Gasteiger partial charge >= 0.3 is 0 Å². The van der Waals surface area contributed by atoms with Crippen LogP contribution in [-0.4, -0.2) is 32.3 Å². The van der Waals surface area contributed by atoms with Crippen LogP contribution >= 0.6 is 10.7 Å². The first kappa shape index (κ1) is 15.3. The van der Waals surface area contributed by atoms with Crippen molar-refractivity contribution in [3.05, 3.63) is 28.3 Å². The summed E-state index contributed by atoms with van der Waals surface area (Å²) >= 11 is 0. The van der Waals surface area contributed by atoms with Crippen molar-refractivity contribution in [1.29, 1.82) is 0 Å². The first-order valence-corrected chi connectivity index (χ1v) is 8.78. The van der Waals surface area contributed by atoms with Crippen molar-refractivity contribution in [1.82, 2.24) is 4.90 Å². The molecule has 0 aliphatic heterocycles. The molecule has 20 heavy (non-hydrogen) atoms. The largest absolute Gasteiger partial charge is 0.339 e. The van der Waals surface area contributed by atoms with Crippen molar-refractivity contribution in [3.63, 3.8) is 0 Å². The Bertz CT molecular complexity index is 678. The fourth-order valence-electron chi connectivity index (χ4n) is 2.68. The molecule has 2 rings (SSSR count). The van der Waals surface area contributed by atoms with Gasteiger partial charge in [0.25, 0.3) is 15.0 Å². The zero-order valence-electron chi connectivity index (χ0n) is 12.0. The zero-order chi connectivity index (χ0) is 15.2. The molecule has 1 aliphatic rings. The van der Waals surface area contributed by atoms with Crippen LogP contribution in [0.4, 0.5) is 0 Å². The van der Waals surface area contributed by atoms with Crippen LogP contribution < -0.4 is 0 Å². The summed E-state index contributed by atoms with van der Waals surface area (Å²) in [5.74, 6) is -0.135. The van der Waals surface area contributed by atoms with E-state index < -0.39 is 9.05 Å². The zero-order valence-corrected chi connectivity index (χ0v) is 13.6. The Hall–Kier alpha value is -1.07. The molecule has 0 saturated heterocycles. The summed E-state index contributed by atoms with van der Waals surface area (Å²) in [4.78, 5) is 14.3. The molecule has 4 nitrogen and oxygen atoms in total. The minimum Gasteiger partial charge on any atom is -0.339 e. The maximum absolute atomic E-state index is 12.5. The van der Waals surface area contributed by atoms with E-state index in [0.29, 0.717) is 16.7 Å². The topological polar surface area (TPSA) is 54.5 Å². The summed E-state index contributed by atoms with van der Waals surface area (Å²) in [6.07, 6.45) is 2.01. The third-order valence-corrected chi connectivity index (χ3v) is 5.35. The SMILES string of the molecule is Cc1cc(C)c(S(=O)(=O)Cl)c(C)c1C(=O)N(C)C1CC1. The summed E-state index contributed by atoms with van der Waals surface area (Å²) in [5.41, 5.74) is 2.24. The lowest BCUT2D eigenvalue weighted by Crippen LogP contribution is -2.30. The van der Waals surface area contributed by atoms with Gasteiger partial charge in [0.15, 0.2) is 0 Å². The molecule has 0 heterocycles. The second kappa shape index (κ2) is 5.04. The second-order valence-electron chi connectivity index (χ2n) is 5.42. The summed E-state index contributed by atoms with van der Waals surface area (Å²) in [6.45, 7) is 5.15. The molecule has 6 heteroatoms. The molecule has 0 aromatic heterocycles. The fraction of sp³-hybridized carbons (Fsp3) is 0.500. The van der Waals surface area contributed by atoms with Crippen molar-refractivity contribution in [2.24, 2.45) is 0 Å². The maximum Gasteiger partial charge on any atom is 0.261 e. The van der Waals surface area contributed by atoms with Crippen LogP contribution in [0.25, 0.3) is 0 Å². The molecule has 0 N–H and O–H groups in total. The summed E-state index contributed by atoms with van der Waals surface area (Å²) in [6, 6.07) is 1.98. The van der Waals surface area contributed by atoms with Crippen molar-refractivity contribution >= 4 is 25.6 Å². The highest BCUT2D eigenvalue weighted by Gasteiger charge is 2.32. The van der Waals surface area contributed by atoms with E-state index in [4.69, 9.17) is 10.7 Å². The second-order valence-corrected chi connectivity index (χ2v) is 7.93. The number of carbonyl (C=O) groups is 1. The van der Waals surface area contributed by atoms with Crippen LogP contribution in [0.15, 0.2) is 11.0 Å². The van der Waals surface area contributed by atoms with Gasteiger partial charge in [0.1, 0.15) is 0 Å². The Morgan fingerprint density at radius 1 is 1.25 bits per heavy atom. The van der Waals surface area contributed by atoms with Crippen LogP contribution in [-0.2, 0) is 9.05 Å². The minimum atomic E-state index is -3.87. The van der Waals surface area contributed by atoms with E-state index in [1.807, 2.05) is 6.92 Å². The highest BCUT2D eigenvalue weighted by atomic mass is 35.7. The fourth-order valence-corrected chi connectivity index (χ4v) is 4.30. The van der Waals surface area contributed by atoms with E-state index in [9.17, 15) is 13.2 Å². The van der Waals surface area contributed by atoms with Gasteiger partial charge in [-0.15, -0.1) is 0 Å². The summed E-state index contributed by atoms with van der Waals surface area (Å²) in [7, 11) is 3.39. The smallest absolute Gasteiger partial charge is 0.261 e. The molecular weight excluding hydrogens is 298 g/mol. The minimum absolute atomic E-state index is 0.0531. The lowest BCUT2D eigenvalue weighted by atomic mass is 9.98. The summed E-state index contributed by atoms with van der Waals surface area (Å²) in [5, 5.41) is 0. The van der Waals surface area contributed by atoms with E-state index in [1.54, 1.807) is 31.9 Å². The van der Waals surface area contributed by atoms with Gasteiger partial charge < -0.3 is 4.90 Å². The molecule has 1 aromatic carbocycles. The highest BCUT2D eigenvalue weighted by Crippen LogP contribution is 2.32. The molecule has 110 valence electrons. The van der Waals surface area contributed by atoms with Gasteiger partial charge in [-0.1, -0.05) is 6.07 Å². The van der Waals surface area contributed by atoms with E-state index in [2.05, 4.69) is 0 Å². The number of rotatable bonds is 3. The molecule has 0 radical (unpaired) electrons. The van der Waals surface area contributed by atoms with Crippen LogP contribution in [0.5, 0.6) is 0 Å². The summed E-state index contributed by atoms with van der Waals surface area (Å²) < 4.78 is 23.4. The van der Waals surface area contributed by atoms with Gasteiger partial charge in [0.2, 0.25) is 0 Å². The molecule has 1 aromatic rings. The molecule has 1 amide bonds. The van der Waals surface area contributed by atoms with Crippen LogP contribution in [0, 0.1) is 20.8 Å². The highest BCUT2D eigenvalue weighted by molar-refractivity contribution is 8.13. The van der Waals surface area contributed by atoms with Crippen LogP contribution in [0.3, 0.4) is 0 Å². The molecule has 0 atom stereocenters. The molecular formula is C14H18ClNO3S. The van der Waals surface area contributed by atoms with Crippen LogP contribution in [0.1, 0.15) is 39.9 Å². The number of aryl methyl sites for hydroxylation is 2. The van der Waals surface area contributed by atoms with Crippen molar-refractivity contribution in [2.75, 3.05) is 7.05 Å². The predicted octanol–water partition coefficient (Wildman–Crippen LogP) is 2.77. The quantitative estimate of drug-likeness (QED) is 0.806. The average molecular weight is 316 g/mol. The van der Waals surface area contributed by atoms with E-state index >= 15 is 0 Å². The lowest BCUT2D eigenvalue weighted by Gasteiger charge is -2.21. The number of nitrogens with zero attached hydrogens (tertiary/aromatic N) is 1. The van der Waals surface area contributed by atoms with E-state index in [1.165, 1.54) is 0 Å². The Labute approximate surface area is 124 Å². The first-order chi connectivity index (χ1) is 9.14. The molecule has 0 unspecified atom stereocenters. The third-order valence-electron chi connectivity index (χ3n) is 3.77.